The van der Waals surface area contributed by atoms with Gasteiger partial charge in [0.05, 0.1) is 0 Å². The van der Waals surface area contributed by atoms with Gasteiger partial charge in [0.2, 0.25) is 5.95 Å². The van der Waals surface area contributed by atoms with E-state index in [1.165, 1.54) is 0 Å². The molecule has 122 valence electrons. The molecule has 0 unspecified atom stereocenters. The lowest BCUT2D eigenvalue weighted by molar-refractivity contribution is 1.03. The minimum Gasteiger partial charge on any atom is -0.350 e. The molecule has 7 heteroatoms. The Morgan fingerprint density at radius 3 is 2.38 bits per heavy atom. The fourth-order valence-corrected chi connectivity index (χ4v) is 2.69. The van der Waals surface area contributed by atoms with Gasteiger partial charge in [0.25, 0.3) is 0 Å². The molecule has 1 aromatic carbocycles. The first-order valence-electron chi connectivity index (χ1n) is 7.30. The van der Waals surface area contributed by atoms with E-state index in [2.05, 4.69) is 25.6 Å². The topological polar surface area (TPSA) is 62.7 Å². The highest BCUT2D eigenvalue weighted by molar-refractivity contribution is 6.35. The van der Waals surface area contributed by atoms with Crippen molar-refractivity contribution in [3.05, 3.63) is 70.1 Å². The predicted octanol–water partition coefficient (Wildman–Crippen LogP) is 4.84. The smallest absolute Gasteiger partial charge is 0.225 e. The number of aromatic nitrogens is 3. The second kappa shape index (κ2) is 7.47. The van der Waals surface area contributed by atoms with Crippen LogP contribution >= 0.6 is 23.2 Å². The molecule has 3 aromatic rings. The summed E-state index contributed by atoms with van der Waals surface area (Å²) < 4.78 is 0. The standard InChI is InChI=1S/C17H15Cl2N5/c1-11-6-16(23-15-8-13(18)7-14(19)9-15)24-17(22-11)21-10-12-2-4-20-5-3-12/h2-9H,10H2,1H3,(H2,21,22,23,24). The molecule has 2 N–H and O–H groups in total. The van der Waals surface area contributed by atoms with E-state index in [0.717, 1.165) is 16.9 Å². The molecule has 2 aromatic heterocycles. The van der Waals surface area contributed by atoms with Crippen molar-refractivity contribution in [2.24, 2.45) is 0 Å². The third-order valence-corrected chi connectivity index (χ3v) is 3.63. The second-order valence-electron chi connectivity index (χ2n) is 5.21. The molecule has 0 fully saturated rings. The fourth-order valence-electron chi connectivity index (χ4n) is 2.17. The molecule has 0 bridgehead atoms. The van der Waals surface area contributed by atoms with Crippen LogP contribution in [0.4, 0.5) is 17.5 Å². The van der Waals surface area contributed by atoms with Crippen molar-refractivity contribution in [3.8, 4) is 0 Å². The fraction of sp³-hybridized carbons (Fsp3) is 0.118. The van der Waals surface area contributed by atoms with E-state index < -0.39 is 0 Å². The lowest BCUT2D eigenvalue weighted by Gasteiger charge is -2.10. The van der Waals surface area contributed by atoms with Gasteiger partial charge in [0, 0.05) is 46.4 Å². The van der Waals surface area contributed by atoms with Crippen molar-refractivity contribution in [2.45, 2.75) is 13.5 Å². The van der Waals surface area contributed by atoms with Crippen LogP contribution in [0.2, 0.25) is 10.0 Å². The number of rotatable bonds is 5. The number of aryl methyl sites for hydroxylation is 1. The summed E-state index contributed by atoms with van der Waals surface area (Å²) in [5, 5.41) is 7.53. The van der Waals surface area contributed by atoms with Crippen molar-refractivity contribution in [1.29, 1.82) is 0 Å². The van der Waals surface area contributed by atoms with Gasteiger partial charge in [0.15, 0.2) is 0 Å². The van der Waals surface area contributed by atoms with Gasteiger partial charge < -0.3 is 10.6 Å². The molecule has 0 aliphatic heterocycles. The molecule has 0 saturated carbocycles. The summed E-state index contributed by atoms with van der Waals surface area (Å²) in [7, 11) is 0. The van der Waals surface area contributed by atoms with E-state index in [1.807, 2.05) is 25.1 Å². The Bertz CT molecular complexity index is 819. The Balaban J connectivity index is 1.76. The number of anilines is 3. The molecular weight excluding hydrogens is 345 g/mol. The zero-order valence-electron chi connectivity index (χ0n) is 12.9. The van der Waals surface area contributed by atoms with E-state index in [4.69, 9.17) is 23.2 Å². The Morgan fingerprint density at radius 1 is 0.958 bits per heavy atom. The summed E-state index contributed by atoms with van der Waals surface area (Å²) in [6.45, 7) is 2.53. The highest BCUT2D eigenvalue weighted by Gasteiger charge is 2.05. The maximum absolute atomic E-state index is 6.02. The molecule has 5 nitrogen and oxygen atoms in total. The number of benzene rings is 1. The number of pyridine rings is 1. The molecule has 0 saturated heterocycles. The van der Waals surface area contributed by atoms with Gasteiger partial charge >= 0.3 is 0 Å². The average Bonchev–Trinajstić information content (AvgIpc) is 2.52. The van der Waals surface area contributed by atoms with Crippen molar-refractivity contribution in [2.75, 3.05) is 10.6 Å². The van der Waals surface area contributed by atoms with Gasteiger partial charge in [-0.15, -0.1) is 0 Å². The number of nitrogens with one attached hydrogen (secondary N) is 2. The highest BCUT2D eigenvalue weighted by atomic mass is 35.5. The van der Waals surface area contributed by atoms with Crippen LogP contribution in [0.5, 0.6) is 0 Å². The third kappa shape index (κ3) is 4.57. The van der Waals surface area contributed by atoms with E-state index >= 15 is 0 Å². The first-order chi connectivity index (χ1) is 11.6. The first-order valence-corrected chi connectivity index (χ1v) is 8.06. The third-order valence-electron chi connectivity index (χ3n) is 3.19. The molecule has 0 amide bonds. The van der Waals surface area contributed by atoms with Crippen LogP contribution in [0.25, 0.3) is 0 Å². The van der Waals surface area contributed by atoms with Gasteiger partial charge in [-0.3, -0.25) is 4.98 Å². The van der Waals surface area contributed by atoms with E-state index in [1.54, 1.807) is 30.6 Å². The molecule has 24 heavy (non-hydrogen) atoms. The summed E-state index contributed by atoms with van der Waals surface area (Å²) in [6, 6.07) is 11.0. The van der Waals surface area contributed by atoms with Gasteiger partial charge in [0.1, 0.15) is 5.82 Å². The molecule has 2 heterocycles. The second-order valence-corrected chi connectivity index (χ2v) is 6.08. The number of hydrogen-bond donors (Lipinski definition) is 2. The quantitative estimate of drug-likeness (QED) is 0.682. The largest absolute Gasteiger partial charge is 0.350 e. The lowest BCUT2D eigenvalue weighted by atomic mass is 10.3. The maximum Gasteiger partial charge on any atom is 0.225 e. The predicted molar refractivity (Wildman–Crippen MR) is 98.1 cm³/mol. The summed E-state index contributed by atoms with van der Waals surface area (Å²) in [4.78, 5) is 12.9. The van der Waals surface area contributed by atoms with Crippen LogP contribution in [0, 0.1) is 6.92 Å². The van der Waals surface area contributed by atoms with Gasteiger partial charge in [-0.25, -0.2) is 4.98 Å². The molecule has 0 aliphatic carbocycles. The number of hydrogen-bond acceptors (Lipinski definition) is 5. The summed E-state index contributed by atoms with van der Waals surface area (Å²) in [6.07, 6.45) is 3.51. The molecule has 0 atom stereocenters. The Hall–Kier alpha value is -2.37. The van der Waals surface area contributed by atoms with Crippen LogP contribution in [0.3, 0.4) is 0 Å². The van der Waals surface area contributed by atoms with Gasteiger partial charge in [-0.05, 0) is 42.8 Å². The van der Waals surface area contributed by atoms with Crippen molar-refractivity contribution >= 4 is 40.7 Å². The van der Waals surface area contributed by atoms with Crippen LogP contribution in [0.1, 0.15) is 11.3 Å². The zero-order chi connectivity index (χ0) is 16.9. The van der Waals surface area contributed by atoms with E-state index in [9.17, 15) is 0 Å². The molecule has 0 spiro atoms. The number of halogens is 2. The normalized spacial score (nSPS) is 10.5. The Kier molecular flexibility index (Phi) is 5.13. The number of nitrogens with zero attached hydrogens (tertiary/aromatic N) is 3. The molecular formula is C17H15Cl2N5. The highest BCUT2D eigenvalue weighted by Crippen LogP contribution is 2.25. The molecule has 0 radical (unpaired) electrons. The van der Waals surface area contributed by atoms with Crippen LogP contribution < -0.4 is 10.6 Å². The van der Waals surface area contributed by atoms with Crippen LogP contribution in [-0.4, -0.2) is 15.0 Å². The van der Waals surface area contributed by atoms with E-state index in [-0.39, 0.29) is 0 Å². The minimum absolute atomic E-state index is 0.544. The summed E-state index contributed by atoms with van der Waals surface area (Å²) in [5.74, 6) is 1.21. The van der Waals surface area contributed by atoms with Crippen molar-refractivity contribution < 1.29 is 0 Å². The Labute approximate surface area is 150 Å². The average molecular weight is 360 g/mol. The van der Waals surface area contributed by atoms with Crippen LogP contribution in [-0.2, 0) is 6.54 Å². The van der Waals surface area contributed by atoms with Crippen molar-refractivity contribution in [3.63, 3.8) is 0 Å². The monoisotopic (exact) mass is 359 g/mol. The summed E-state index contributed by atoms with van der Waals surface area (Å²) in [5.41, 5.74) is 2.72. The SMILES string of the molecule is Cc1cc(Nc2cc(Cl)cc(Cl)c2)nc(NCc2ccncc2)n1. The minimum atomic E-state index is 0.544. The van der Waals surface area contributed by atoms with Crippen LogP contribution in [0.15, 0.2) is 48.8 Å². The van der Waals surface area contributed by atoms with Gasteiger partial charge in [-0.2, -0.15) is 4.98 Å². The summed E-state index contributed by atoms with van der Waals surface area (Å²) >= 11 is 12.0. The zero-order valence-corrected chi connectivity index (χ0v) is 14.4. The molecule has 3 rings (SSSR count). The molecule has 0 aliphatic rings. The maximum atomic E-state index is 6.02. The van der Waals surface area contributed by atoms with Crippen molar-refractivity contribution in [1.82, 2.24) is 15.0 Å². The van der Waals surface area contributed by atoms with Gasteiger partial charge in [-0.1, -0.05) is 23.2 Å². The van der Waals surface area contributed by atoms with E-state index in [0.29, 0.717) is 28.4 Å². The lowest BCUT2D eigenvalue weighted by Crippen LogP contribution is -2.06. The Morgan fingerprint density at radius 2 is 1.67 bits per heavy atom. The first kappa shape index (κ1) is 16.5.